The molecule has 1 rings (SSSR count). The molecule has 0 aliphatic rings. The standard InChI is InChI=1S/C11H14N2O4/c1-11(9(14)15,7-13-10(12)16)17-8-5-3-2-4-6-8/h2-6H,7H2,1H3,(H,14,15)(H3,12,13,16). The topological polar surface area (TPSA) is 102 Å². The first-order valence-corrected chi connectivity index (χ1v) is 4.95. The van der Waals surface area contributed by atoms with Crippen LogP contribution in [0.1, 0.15) is 6.92 Å². The van der Waals surface area contributed by atoms with Crippen LogP contribution in [-0.2, 0) is 4.79 Å². The molecule has 0 saturated carbocycles. The number of nitrogens with two attached hydrogens (primary N) is 1. The summed E-state index contributed by atoms with van der Waals surface area (Å²) >= 11 is 0. The Labute approximate surface area is 98.4 Å². The normalized spacial score (nSPS) is 13.5. The van der Waals surface area contributed by atoms with E-state index in [9.17, 15) is 9.59 Å². The summed E-state index contributed by atoms with van der Waals surface area (Å²) in [6.07, 6.45) is 0. The van der Waals surface area contributed by atoms with Crippen molar-refractivity contribution in [2.24, 2.45) is 5.73 Å². The van der Waals surface area contributed by atoms with Gasteiger partial charge >= 0.3 is 12.0 Å². The summed E-state index contributed by atoms with van der Waals surface area (Å²) < 4.78 is 5.34. The minimum atomic E-state index is -1.56. The van der Waals surface area contributed by atoms with E-state index in [0.29, 0.717) is 5.75 Å². The smallest absolute Gasteiger partial charge is 0.349 e. The molecule has 0 fully saturated rings. The molecule has 0 bridgehead atoms. The molecule has 1 aromatic carbocycles. The Hall–Kier alpha value is -2.24. The molecule has 0 aliphatic heterocycles. The fourth-order valence-electron chi connectivity index (χ4n) is 1.16. The van der Waals surface area contributed by atoms with Gasteiger partial charge in [0.2, 0.25) is 5.60 Å². The van der Waals surface area contributed by atoms with Crippen LogP contribution < -0.4 is 15.8 Å². The van der Waals surface area contributed by atoms with Crippen molar-refractivity contribution < 1.29 is 19.4 Å². The van der Waals surface area contributed by atoms with Crippen molar-refractivity contribution in [3.05, 3.63) is 30.3 Å². The molecule has 0 radical (unpaired) electrons. The molecule has 1 unspecified atom stereocenters. The first-order chi connectivity index (χ1) is 7.94. The zero-order valence-electron chi connectivity index (χ0n) is 9.34. The van der Waals surface area contributed by atoms with E-state index < -0.39 is 17.6 Å². The minimum Gasteiger partial charge on any atom is -0.478 e. The van der Waals surface area contributed by atoms with Crippen LogP contribution in [0.2, 0.25) is 0 Å². The Bertz CT molecular complexity index is 407. The number of hydrogen-bond donors (Lipinski definition) is 3. The first kappa shape index (κ1) is 12.8. The molecule has 1 atom stereocenters. The van der Waals surface area contributed by atoms with E-state index >= 15 is 0 Å². The quantitative estimate of drug-likeness (QED) is 0.698. The monoisotopic (exact) mass is 238 g/mol. The molecule has 0 aromatic heterocycles. The Morgan fingerprint density at radius 2 is 2.00 bits per heavy atom. The van der Waals surface area contributed by atoms with Crippen LogP contribution in [-0.4, -0.2) is 29.3 Å². The van der Waals surface area contributed by atoms with E-state index in [0.717, 1.165) is 0 Å². The molecule has 92 valence electrons. The number of rotatable bonds is 5. The van der Waals surface area contributed by atoms with Gasteiger partial charge in [-0.25, -0.2) is 9.59 Å². The van der Waals surface area contributed by atoms with Crippen molar-refractivity contribution in [3.63, 3.8) is 0 Å². The van der Waals surface area contributed by atoms with Gasteiger partial charge in [-0.3, -0.25) is 0 Å². The number of nitrogens with one attached hydrogen (secondary N) is 1. The number of carbonyl (C=O) groups excluding carboxylic acids is 1. The van der Waals surface area contributed by atoms with E-state index in [-0.39, 0.29) is 6.54 Å². The number of aliphatic carboxylic acids is 1. The van der Waals surface area contributed by atoms with Crippen LogP contribution in [0, 0.1) is 0 Å². The number of primary amides is 1. The molecule has 4 N–H and O–H groups in total. The maximum absolute atomic E-state index is 11.1. The summed E-state index contributed by atoms with van der Waals surface area (Å²) in [6, 6.07) is 7.69. The highest BCUT2D eigenvalue weighted by Gasteiger charge is 2.36. The van der Waals surface area contributed by atoms with Crippen LogP contribution in [0.25, 0.3) is 0 Å². The van der Waals surface area contributed by atoms with Gasteiger partial charge in [0.25, 0.3) is 0 Å². The van der Waals surface area contributed by atoms with E-state index in [1.165, 1.54) is 6.92 Å². The summed E-state index contributed by atoms with van der Waals surface area (Å²) in [4.78, 5) is 21.7. The SMILES string of the molecule is CC(CNC(N)=O)(Oc1ccccc1)C(=O)O. The van der Waals surface area contributed by atoms with Crippen molar-refractivity contribution >= 4 is 12.0 Å². The molecule has 0 saturated heterocycles. The van der Waals surface area contributed by atoms with Crippen molar-refractivity contribution in [2.75, 3.05) is 6.54 Å². The third-order valence-corrected chi connectivity index (χ3v) is 2.14. The molecule has 1 aromatic rings. The first-order valence-electron chi connectivity index (χ1n) is 4.95. The second kappa shape index (κ2) is 5.20. The average Bonchev–Trinajstić information content (AvgIpc) is 2.27. The van der Waals surface area contributed by atoms with Crippen LogP contribution in [0.5, 0.6) is 5.75 Å². The number of carboxylic acid groups (broad SMARTS) is 1. The fourth-order valence-corrected chi connectivity index (χ4v) is 1.16. The van der Waals surface area contributed by atoms with Crippen LogP contribution in [0.3, 0.4) is 0 Å². The lowest BCUT2D eigenvalue weighted by Crippen LogP contribution is -2.52. The van der Waals surface area contributed by atoms with Crippen molar-refractivity contribution in [1.29, 1.82) is 0 Å². The highest BCUT2D eigenvalue weighted by molar-refractivity contribution is 5.79. The lowest BCUT2D eigenvalue weighted by molar-refractivity contribution is -0.153. The molecule has 6 nitrogen and oxygen atoms in total. The molecule has 0 spiro atoms. The van der Waals surface area contributed by atoms with Gasteiger partial charge in [-0.2, -0.15) is 0 Å². The van der Waals surface area contributed by atoms with Crippen LogP contribution in [0.4, 0.5) is 4.79 Å². The van der Waals surface area contributed by atoms with Gasteiger partial charge in [-0.15, -0.1) is 0 Å². The van der Waals surface area contributed by atoms with E-state index in [2.05, 4.69) is 5.32 Å². The number of hydrogen-bond acceptors (Lipinski definition) is 3. The zero-order chi connectivity index (χ0) is 12.9. The van der Waals surface area contributed by atoms with Gasteiger partial charge < -0.3 is 20.9 Å². The highest BCUT2D eigenvalue weighted by atomic mass is 16.5. The maximum Gasteiger partial charge on any atom is 0.349 e. The van der Waals surface area contributed by atoms with Gasteiger partial charge in [-0.1, -0.05) is 18.2 Å². The molecule has 0 aliphatic carbocycles. The summed E-state index contributed by atoms with van der Waals surface area (Å²) in [7, 11) is 0. The molecule has 0 heterocycles. The molecular weight excluding hydrogens is 224 g/mol. The zero-order valence-corrected chi connectivity index (χ0v) is 9.34. The van der Waals surface area contributed by atoms with Crippen LogP contribution in [0.15, 0.2) is 30.3 Å². The van der Waals surface area contributed by atoms with Gasteiger partial charge in [0, 0.05) is 0 Å². The average molecular weight is 238 g/mol. The van der Waals surface area contributed by atoms with Gasteiger partial charge in [0.05, 0.1) is 6.54 Å². The number of para-hydroxylation sites is 1. The highest BCUT2D eigenvalue weighted by Crippen LogP contribution is 2.17. The number of benzene rings is 1. The summed E-state index contributed by atoms with van der Waals surface area (Å²) in [5.41, 5.74) is 3.34. The second-order valence-electron chi connectivity index (χ2n) is 3.67. The third-order valence-electron chi connectivity index (χ3n) is 2.14. The number of amides is 2. The molecule has 17 heavy (non-hydrogen) atoms. The third kappa shape index (κ3) is 3.67. The Balaban J connectivity index is 2.78. The van der Waals surface area contributed by atoms with E-state index in [1.54, 1.807) is 30.3 Å². The van der Waals surface area contributed by atoms with E-state index in [4.69, 9.17) is 15.6 Å². The Morgan fingerprint density at radius 3 is 2.47 bits per heavy atom. The number of urea groups is 1. The fraction of sp³-hybridized carbons (Fsp3) is 0.273. The summed E-state index contributed by atoms with van der Waals surface area (Å²) in [5, 5.41) is 11.3. The molecule has 2 amide bonds. The molecule has 6 heteroatoms. The number of ether oxygens (including phenoxy) is 1. The minimum absolute atomic E-state index is 0.216. The largest absolute Gasteiger partial charge is 0.478 e. The van der Waals surface area contributed by atoms with E-state index in [1.807, 2.05) is 0 Å². The maximum atomic E-state index is 11.1. The predicted molar refractivity (Wildman–Crippen MR) is 60.7 cm³/mol. The van der Waals surface area contributed by atoms with Gasteiger partial charge in [-0.05, 0) is 19.1 Å². The van der Waals surface area contributed by atoms with Crippen molar-refractivity contribution in [3.8, 4) is 5.75 Å². The van der Waals surface area contributed by atoms with Gasteiger partial charge in [0.1, 0.15) is 5.75 Å². The number of carboxylic acids is 1. The molecular formula is C11H14N2O4. The second-order valence-corrected chi connectivity index (χ2v) is 3.67. The lowest BCUT2D eigenvalue weighted by Gasteiger charge is -2.26. The van der Waals surface area contributed by atoms with Crippen molar-refractivity contribution in [2.45, 2.75) is 12.5 Å². The Kier molecular flexibility index (Phi) is 3.92. The summed E-state index contributed by atoms with van der Waals surface area (Å²) in [6.45, 7) is 1.14. The Morgan fingerprint density at radius 1 is 1.41 bits per heavy atom. The predicted octanol–water partition coefficient (Wildman–Crippen LogP) is 0.577. The summed E-state index contributed by atoms with van der Waals surface area (Å²) in [5.74, 6) is -0.779. The van der Waals surface area contributed by atoms with Crippen molar-refractivity contribution in [1.82, 2.24) is 5.32 Å². The lowest BCUT2D eigenvalue weighted by atomic mass is 10.1. The van der Waals surface area contributed by atoms with Crippen LogP contribution >= 0.6 is 0 Å². The number of carbonyl (C=O) groups is 2. The van der Waals surface area contributed by atoms with Gasteiger partial charge in [0.15, 0.2) is 0 Å².